The highest BCUT2D eigenvalue weighted by atomic mass is 16.5. The molecule has 6 heteroatoms. The SMILES string of the molecule is Cc1n[nH]c(C)c1Cc1c(C(=O)O)noc1C. The number of aromatic nitrogens is 3. The van der Waals surface area contributed by atoms with E-state index >= 15 is 0 Å². The van der Waals surface area contributed by atoms with Gasteiger partial charge in [-0.05, 0) is 20.8 Å². The van der Waals surface area contributed by atoms with Gasteiger partial charge in [0.2, 0.25) is 0 Å². The van der Waals surface area contributed by atoms with Crippen LogP contribution >= 0.6 is 0 Å². The Balaban J connectivity index is 2.43. The minimum absolute atomic E-state index is 0.0255. The summed E-state index contributed by atoms with van der Waals surface area (Å²) in [5, 5.41) is 19.5. The second kappa shape index (κ2) is 4.04. The van der Waals surface area contributed by atoms with Gasteiger partial charge in [0.25, 0.3) is 0 Å². The zero-order chi connectivity index (χ0) is 12.6. The molecule has 0 saturated heterocycles. The number of aryl methyl sites for hydroxylation is 3. The molecular weight excluding hydrogens is 222 g/mol. The number of hydrogen-bond donors (Lipinski definition) is 2. The topological polar surface area (TPSA) is 92.0 Å². The van der Waals surface area contributed by atoms with E-state index in [1.807, 2.05) is 13.8 Å². The van der Waals surface area contributed by atoms with Crippen molar-refractivity contribution in [2.24, 2.45) is 0 Å². The van der Waals surface area contributed by atoms with Crippen molar-refractivity contribution < 1.29 is 14.4 Å². The van der Waals surface area contributed by atoms with Gasteiger partial charge in [-0.15, -0.1) is 0 Å². The van der Waals surface area contributed by atoms with Crippen LogP contribution in [0.1, 0.15) is 38.8 Å². The van der Waals surface area contributed by atoms with Crippen LogP contribution in [-0.2, 0) is 6.42 Å². The standard InChI is InChI=1S/C11H13N3O3/c1-5-8(6(2)13-12-5)4-9-7(3)17-14-10(9)11(15)16/h4H2,1-3H3,(H,12,13)(H,15,16). The molecule has 2 N–H and O–H groups in total. The third-order valence-electron chi connectivity index (χ3n) is 2.82. The van der Waals surface area contributed by atoms with E-state index in [9.17, 15) is 4.79 Å². The maximum Gasteiger partial charge on any atom is 0.358 e. The first-order valence-corrected chi connectivity index (χ1v) is 5.19. The first-order valence-electron chi connectivity index (χ1n) is 5.19. The molecule has 0 atom stereocenters. The smallest absolute Gasteiger partial charge is 0.358 e. The molecule has 90 valence electrons. The molecule has 0 spiro atoms. The zero-order valence-corrected chi connectivity index (χ0v) is 9.87. The van der Waals surface area contributed by atoms with Gasteiger partial charge in [-0.1, -0.05) is 5.16 Å². The van der Waals surface area contributed by atoms with E-state index < -0.39 is 5.97 Å². The summed E-state index contributed by atoms with van der Waals surface area (Å²) >= 11 is 0. The molecule has 6 nitrogen and oxygen atoms in total. The molecular formula is C11H13N3O3. The van der Waals surface area contributed by atoms with Crippen molar-refractivity contribution in [3.63, 3.8) is 0 Å². The number of nitrogens with one attached hydrogen (secondary N) is 1. The lowest BCUT2D eigenvalue weighted by molar-refractivity contribution is 0.0685. The van der Waals surface area contributed by atoms with Crippen LogP contribution in [-0.4, -0.2) is 26.4 Å². The number of carboxylic acids is 1. The second-order valence-electron chi connectivity index (χ2n) is 3.96. The number of nitrogens with zero attached hydrogens (tertiary/aromatic N) is 2. The predicted molar refractivity (Wildman–Crippen MR) is 59.1 cm³/mol. The van der Waals surface area contributed by atoms with E-state index in [2.05, 4.69) is 15.4 Å². The van der Waals surface area contributed by atoms with Crippen LogP contribution in [0.15, 0.2) is 4.52 Å². The highest BCUT2D eigenvalue weighted by Gasteiger charge is 2.21. The Hall–Kier alpha value is -2.11. The summed E-state index contributed by atoms with van der Waals surface area (Å²) in [4.78, 5) is 11.0. The summed E-state index contributed by atoms with van der Waals surface area (Å²) in [6.45, 7) is 5.49. The molecule has 2 aromatic heterocycles. The van der Waals surface area contributed by atoms with E-state index in [0.717, 1.165) is 17.0 Å². The second-order valence-corrected chi connectivity index (χ2v) is 3.96. The number of aromatic carboxylic acids is 1. The molecule has 0 aliphatic rings. The molecule has 2 rings (SSSR count). The first kappa shape index (κ1) is 11.4. The van der Waals surface area contributed by atoms with Gasteiger partial charge in [0.05, 0.1) is 5.69 Å². The van der Waals surface area contributed by atoms with Gasteiger partial charge in [-0.2, -0.15) is 5.10 Å². The summed E-state index contributed by atoms with van der Waals surface area (Å²) < 4.78 is 4.92. The molecule has 17 heavy (non-hydrogen) atoms. The van der Waals surface area contributed by atoms with Gasteiger partial charge >= 0.3 is 5.97 Å². The largest absolute Gasteiger partial charge is 0.476 e. The van der Waals surface area contributed by atoms with Crippen molar-refractivity contribution in [1.82, 2.24) is 15.4 Å². The average Bonchev–Trinajstić information content (AvgIpc) is 2.77. The Labute approximate surface area is 97.6 Å². The Morgan fingerprint density at radius 2 is 2.06 bits per heavy atom. The molecule has 0 aliphatic carbocycles. The van der Waals surface area contributed by atoms with Crippen molar-refractivity contribution in [3.05, 3.63) is 34.0 Å². The van der Waals surface area contributed by atoms with Gasteiger partial charge in [0, 0.05) is 23.2 Å². The lowest BCUT2D eigenvalue weighted by atomic mass is 10.0. The summed E-state index contributed by atoms with van der Waals surface area (Å²) in [5.74, 6) is -0.543. The van der Waals surface area contributed by atoms with Crippen LogP contribution < -0.4 is 0 Å². The number of rotatable bonds is 3. The van der Waals surface area contributed by atoms with E-state index in [1.54, 1.807) is 6.92 Å². The maximum atomic E-state index is 11.0. The fourth-order valence-corrected chi connectivity index (χ4v) is 1.78. The third kappa shape index (κ3) is 1.93. The fraction of sp³-hybridized carbons (Fsp3) is 0.364. The van der Waals surface area contributed by atoms with Gasteiger partial charge in [0.1, 0.15) is 5.76 Å². The number of carboxylic acid groups (broad SMARTS) is 1. The van der Waals surface area contributed by atoms with E-state index in [4.69, 9.17) is 9.63 Å². The van der Waals surface area contributed by atoms with Crippen LogP contribution in [0.25, 0.3) is 0 Å². The van der Waals surface area contributed by atoms with Gasteiger partial charge < -0.3 is 9.63 Å². The van der Waals surface area contributed by atoms with Crippen molar-refractivity contribution in [2.45, 2.75) is 27.2 Å². The Kier molecular flexibility index (Phi) is 2.71. The van der Waals surface area contributed by atoms with Crippen molar-refractivity contribution >= 4 is 5.97 Å². The normalized spacial score (nSPS) is 10.8. The Morgan fingerprint density at radius 3 is 2.59 bits per heavy atom. The molecule has 0 aliphatic heterocycles. The zero-order valence-electron chi connectivity index (χ0n) is 9.87. The number of carbonyl (C=O) groups is 1. The fourth-order valence-electron chi connectivity index (χ4n) is 1.78. The van der Waals surface area contributed by atoms with Crippen LogP contribution in [0.5, 0.6) is 0 Å². The van der Waals surface area contributed by atoms with Crippen LogP contribution in [0.3, 0.4) is 0 Å². The van der Waals surface area contributed by atoms with Gasteiger partial charge in [-0.3, -0.25) is 5.10 Å². The summed E-state index contributed by atoms with van der Waals surface area (Å²) in [6.07, 6.45) is 0.463. The lowest BCUT2D eigenvalue weighted by Gasteiger charge is -2.00. The monoisotopic (exact) mass is 235 g/mol. The van der Waals surface area contributed by atoms with Crippen molar-refractivity contribution in [2.75, 3.05) is 0 Å². The quantitative estimate of drug-likeness (QED) is 0.843. The van der Waals surface area contributed by atoms with Crippen LogP contribution in [0.4, 0.5) is 0 Å². The predicted octanol–water partition coefficient (Wildman–Crippen LogP) is 1.61. The van der Waals surface area contributed by atoms with E-state index in [0.29, 0.717) is 17.7 Å². The minimum atomic E-state index is -1.07. The highest BCUT2D eigenvalue weighted by Crippen LogP contribution is 2.21. The molecule has 2 heterocycles. The average molecular weight is 235 g/mol. The van der Waals surface area contributed by atoms with Crippen LogP contribution in [0, 0.1) is 20.8 Å². The molecule has 0 aromatic carbocycles. The third-order valence-corrected chi connectivity index (χ3v) is 2.82. The molecule has 0 saturated carbocycles. The summed E-state index contributed by atoms with van der Waals surface area (Å²) in [6, 6.07) is 0. The Bertz CT molecular complexity index is 549. The molecule has 0 bridgehead atoms. The van der Waals surface area contributed by atoms with Crippen molar-refractivity contribution in [3.8, 4) is 0 Å². The summed E-state index contributed by atoms with van der Waals surface area (Å²) in [7, 11) is 0. The number of hydrogen-bond acceptors (Lipinski definition) is 4. The van der Waals surface area contributed by atoms with E-state index in [1.165, 1.54) is 0 Å². The molecule has 0 unspecified atom stereocenters. The van der Waals surface area contributed by atoms with Crippen molar-refractivity contribution in [1.29, 1.82) is 0 Å². The van der Waals surface area contributed by atoms with Gasteiger partial charge in [0.15, 0.2) is 5.69 Å². The lowest BCUT2D eigenvalue weighted by Crippen LogP contribution is -2.03. The highest BCUT2D eigenvalue weighted by molar-refractivity contribution is 5.87. The maximum absolute atomic E-state index is 11.0. The number of aromatic amines is 1. The summed E-state index contributed by atoms with van der Waals surface area (Å²) in [5.41, 5.74) is 3.35. The molecule has 0 radical (unpaired) electrons. The van der Waals surface area contributed by atoms with E-state index in [-0.39, 0.29) is 5.69 Å². The minimum Gasteiger partial charge on any atom is -0.476 e. The number of H-pyrrole nitrogens is 1. The van der Waals surface area contributed by atoms with Crippen LogP contribution in [0.2, 0.25) is 0 Å². The Morgan fingerprint density at radius 1 is 1.35 bits per heavy atom. The van der Waals surface area contributed by atoms with Gasteiger partial charge in [-0.25, -0.2) is 4.79 Å². The molecule has 0 amide bonds. The molecule has 2 aromatic rings. The first-order chi connectivity index (χ1) is 8.00. The molecule has 0 fully saturated rings.